The topological polar surface area (TPSA) is 39.3 Å². The number of hydrogen-bond acceptors (Lipinski definition) is 2. The molecule has 3 rings (SSSR count). The maximum Gasteiger partial charge on any atom is 0.139 e. The second-order valence-electron chi connectivity index (χ2n) is 5.20. The fourth-order valence-corrected chi connectivity index (χ4v) is 2.86. The van der Waals surface area contributed by atoms with Crippen molar-refractivity contribution in [2.75, 3.05) is 13.1 Å². The second-order valence-corrected chi connectivity index (χ2v) is 5.20. The number of phenols is 1. The summed E-state index contributed by atoms with van der Waals surface area (Å²) in [5, 5.41) is 10.9. The normalized spacial score (nSPS) is 18.0. The Morgan fingerprint density at radius 3 is 2.67 bits per heavy atom. The van der Waals surface area contributed by atoms with E-state index in [1.807, 2.05) is 12.3 Å². The number of nitrogens with one attached hydrogen (secondary N) is 1. The molecule has 0 unspecified atom stereocenters. The summed E-state index contributed by atoms with van der Waals surface area (Å²) in [5.41, 5.74) is 2.16. The van der Waals surface area contributed by atoms with E-state index in [0.717, 1.165) is 17.4 Å². The van der Waals surface area contributed by atoms with Gasteiger partial charge in [-0.15, -0.1) is 0 Å². The molecule has 0 aliphatic carbocycles. The fraction of sp³-hybridized carbons (Fsp3) is 0.467. The molecule has 1 aliphatic rings. The van der Waals surface area contributed by atoms with Crippen LogP contribution < -0.4 is 0 Å². The van der Waals surface area contributed by atoms with Crippen LogP contribution in [0.25, 0.3) is 10.9 Å². The minimum atomic E-state index is 0.342. The SMILES string of the molecule is Oc1cccc2c(CN3CCCCCC3)c[nH]c12. The van der Waals surface area contributed by atoms with E-state index in [-0.39, 0.29) is 0 Å². The molecule has 0 bridgehead atoms. The first-order chi connectivity index (χ1) is 8.84. The molecule has 0 radical (unpaired) electrons. The number of hydrogen-bond donors (Lipinski definition) is 2. The third-order valence-corrected chi connectivity index (χ3v) is 3.87. The molecule has 96 valence electrons. The molecule has 1 aromatic carbocycles. The monoisotopic (exact) mass is 244 g/mol. The third kappa shape index (κ3) is 2.23. The first kappa shape index (κ1) is 11.6. The summed E-state index contributed by atoms with van der Waals surface area (Å²) in [6.45, 7) is 3.39. The number of nitrogens with zero attached hydrogens (tertiary/aromatic N) is 1. The van der Waals surface area contributed by atoms with Crippen LogP contribution in [0.1, 0.15) is 31.2 Å². The number of rotatable bonds is 2. The minimum absolute atomic E-state index is 0.342. The van der Waals surface area contributed by atoms with Gasteiger partial charge in [0.05, 0.1) is 5.52 Å². The highest BCUT2D eigenvalue weighted by Gasteiger charge is 2.12. The minimum Gasteiger partial charge on any atom is -0.506 e. The number of likely N-dealkylation sites (tertiary alicyclic amines) is 1. The van der Waals surface area contributed by atoms with Crippen molar-refractivity contribution in [1.29, 1.82) is 0 Å². The van der Waals surface area contributed by atoms with Gasteiger partial charge in [-0.05, 0) is 37.6 Å². The predicted octanol–water partition coefficient (Wildman–Crippen LogP) is 3.25. The van der Waals surface area contributed by atoms with E-state index in [1.54, 1.807) is 6.07 Å². The van der Waals surface area contributed by atoms with E-state index < -0.39 is 0 Å². The fourth-order valence-electron chi connectivity index (χ4n) is 2.86. The summed E-state index contributed by atoms with van der Waals surface area (Å²) < 4.78 is 0. The molecule has 18 heavy (non-hydrogen) atoms. The Morgan fingerprint density at radius 2 is 1.89 bits per heavy atom. The number of aromatic hydroxyl groups is 1. The Hall–Kier alpha value is -1.48. The summed E-state index contributed by atoms with van der Waals surface area (Å²) in [7, 11) is 0. The number of aromatic amines is 1. The van der Waals surface area contributed by atoms with Crippen molar-refractivity contribution in [3.63, 3.8) is 0 Å². The van der Waals surface area contributed by atoms with E-state index >= 15 is 0 Å². The van der Waals surface area contributed by atoms with Gasteiger partial charge in [0, 0.05) is 18.1 Å². The van der Waals surface area contributed by atoms with Crippen molar-refractivity contribution >= 4 is 10.9 Å². The molecule has 1 saturated heterocycles. The Bertz CT molecular complexity index is 524. The van der Waals surface area contributed by atoms with Gasteiger partial charge in [0.25, 0.3) is 0 Å². The maximum absolute atomic E-state index is 9.79. The van der Waals surface area contributed by atoms with Gasteiger partial charge in [0.15, 0.2) is 0 Å². The first-order valence-corrected chi connectivity index (χ1v) is 6.85. The number of phenolic OH excluding ortho intramolecular Hbond substituents is 1. The Balaban J connectivity index is 1.83. The summed E-state index contributed by atoms with van der Waals surface area (Å²) in [5.74, 6) is 0.342. The lowest BCUT2D eigenvalue weighted by atomic mass is 10.1. The lowest BCUT2D eigenvalue weighted by Gasteiger charge is -2.19. The molecule has 1 aliphatic heterocycles. The molecule has 0 saturated carbocycles. The molecule has 1 fully saturated rings. The standard InChI is InChI=1S/C15H20N2O/c18-14-7-5-6-13-12(10-16-15(13)14)11-17-8-3-1-2-4-9-17/h5-7,10,16,18H,1-4,8-9,11H2. The summed E-state index contributed by atoms with van der Waals surface area (Å²) in [6.07, 6.45) is 7.40. The first-order valence-electron chi connectivity index (χ1n) is 6.85. The van der Waals surface area contributed by atoms with Crippen LogP contribution in [0.5, 0.6) is 5.75 Å². The van der Waals surface area contributed by atoms with Crippen LogP contribution in [0.4, 0.5) is 0 Å². The van der Waals surface area contributed by atoms with Crippen LogP contribution in [-0.2, 0) is 6.54 Å². The Kier molecular flexibility index (Phi) is 3.24. The summed E-state index contributed by atoms with van der Waals surface area (Å²) in [6, 6.07) is 5.73. The predicted molar refractivity (Wildman–Crippen MR) is 73.7 cm³/mol. The molecule has 3 heteroatoms. The van der Waals surface area contributed by atoms with Crippen LogP contribution in [0.2, 0.25) is 0 Å². The van der Waals surface area contributed by atoms with E-state index in [9.17, 15) is 5.11 Å². The van der Waals surface area contributed by atoms with E-state index in [4.69, 9.17) is 0 Å². The van der Waals surface area contributed by atoms with Gasteiger partial charge >= 0.3 is 0 Å². The van der Waals surface area contributed by atoms with Crippen molar-refractivity contribution in [3.05, 3.63) is 30.0 Å². The lowest BCUT2D eigenvalue weighted by Crippen LogP contribution is -2.23. The smallest absolute Gasteiger partial charge is 0.139 e. The average Bonchev–Trinajstić information content (AvgIpc) is 2.61. The molecule has 2 heterocycles. The highest BCUT2D eigenvalue weighted by Crippen LogP contribution is 2.27. The molecule has 3 nitrogen and oxygen atoms in total. The zero-order valence-electron chi connectivity index (χ0n) is 10.7. The average molecular weight is 244 g/mol. The molecule has 0 amide bonds. The summed E-state index contributed by atoms with van der Waals surface area (Å²) in [4.78, 5) is 5.71. The summed E-state index contributed by atoms with van der Waals surface area (Å²) >= 11 is 0. The van der Waals surface area contributed by atoms with Crippen molar-refractivity contribution in [3.8, 4) is 5.75 Å². The molecular weight excluding hydrogens is 224 g/mol. The third-order valence-electron chi connectivity index (χ3n) is 3.87. The Labute approximate surface area is 107 Å². The molecule has 0 atom stereocenters. The highest BCUT2D eigenvalue weighted by atomic mass is 16.3. The van der Waals surface area contributed by atoms with Crippen LogP contribution >= 0.6 is 0 Å². The quantitative estimate of drug-likeness (QED) is 0.851. The number of fused-ring (bicyclic) bond motifs is 1. The molecule has 0 spiro atoms. The lowest BCUT2D eigenvalue weighted by molar-refractivity contribution is 0.278. The van der Waals surface area contributed by atoms with E-state index in [0.29, 0.717) is 5.75 Å². The number of aromatic nitrogens is 1. The van der Waals surface area contributed by atoms with Gasteiger partial charge in [0.2, 0.25) is 0 Å². The van der Waals surface area contributed by atoms with Crippen LogP contribution in [0.15, 0.2) is 24.4 Å². The van der Waals surface area contributed by atoms with Gasteiger partial charge in [-0.3, -0.25) is 4.90 Å². The van der Waals surface area contributed by atoms with Gasteiger partial charge < -0.3 is 10.1 Å². The van der Waals surface area contributed by atoms with E-state index in [2.05, 4.69) is 16.0 Å². The van der Waals surface area contributed by atoms with Crippen LogP contribution in [0.3, 0.4) is 0 Å². The van der Waals surface area contributed by atoms with Gasteiger partial charge in [-0.1, -0.05) is 25.0 Å². The molecule has 2 aromatic rings. The zero-order chi connectivity index (χ0) is 12.4. The Morgan fingerprint density at radius 1 is 1.11 bits per heavy atom. The number of benzene rings is 1. The van der Waals surface area contributed by atoms with E-state index in [1.165, 1.54) is 44.3 Å². The van der Waals surface area contributed by atoms with Crippen molar-refractivity contribution in [2.24, 2.45) is 0 Å². The molecular formula is C15H20N2O. The van der Waals surface area contributed by atoms with Crippen molar-refractivity contribution in [1.82, 2.24) is 9.88 Å². The van der Waals surface area contributed by atoms with Crippen LogP contribution in [0, 0.1) is 0 Å². The van der Waals surface area contributed by atoms with Crippen LogP contribution in [-0.4, -0.2) is 28.1 Å². The van der Waals surface area contributed by atoms with Gasteiger partial charge in [-0.2, -0.15) is 0 Å². The largest absolute Gasteiger partial charge is 0.506 e. The highest BCUT2D eigenvalue weighted by molar-refractivity contribution is 5.87. The van der Waals surface area contributed by atoms with Gasteiger partial charge in [-0.25, -0.2) is 0 Å². The second kappa shape index (κ2) is 5.02. The number of para-hydroxylation sites is 1. The maximum atomic E-state index is 9.79. The number of H-pyrrole nitrogens is 1. The molecule has 1 aromatic heterocycles. The van der Waals surface area contributed by atoms with Gasteiger partial charge in [0.1, 0.15) is 5.75 Å². The van der Waals surface area contributed by atoms with Crippen molar-refractivity contribution < 1.29 is 5.11 Å². The van der Waals surface area contributed by atoms with Crippen molar-refractivity contribution in [2.45, 2.75) is 32.2 Å². The zero-order valence-corrected chi connectivity index (χ0v) is 10.7. The molecule has 2 N–H and O–H groups in total.